The molecule has 3 aliphatic rings. The molecule has 0 spiro atoms. The minimum absolute atomic E-state index is 0.660. The number of hydrogen-bond acceptors (Lipinski definition) is 5. The quantitative estimate of drug-likeness (QED) is 0.938. The van der Waals surface area contributed by atoms with E-state index in [-0.39, 0.29) is 0 Å². The van der Waals surface area contributed by atoms with Crippen molar-refractivity contribution < 1.29 is 0 Å². The summed E-state index contributed by atoms with van der Waals surface area (Å²) in [7, 11) is 0. The Hall–Kier alpha value is -1.24. The first-order valence-corrected chi connectivity index (χ1v) is 8.63. The Morgan fingerprint density at radius 2 is 2.19 bits per heavy atom. The van der Waals surface area contributed by atoms with E-state index in [1.807, 2.05) is 17.9 Å². The van der Waals surface area contributed by atoms with Gasteiger partial charge in [-0.05, 0) is 18.8 Å². The van der Waals surface area contributed by atoms with Gasteiger partial charge in [0.2, 0.25) is 0 Å². The molecule has 21 heavy (non-hydrogen) atoms. The molecule has 2 bridgehead atoms. The van der Waals surface area contributed by atoms with Crippen LogP contribution in [0.5, 0.6) is 0 Å². The smallest absolute Gasteiger partial charge is 0.120 e. The third-order valence-electron chi connectivity index (χ3n) is 4.68. The summed E-state index contributed by atoms with van der Waals surface area (Å²) in [4.78, 5) is 17.3. The van der Waals surface area contributed by atoms with Gasteiger partial charge < -0.3 is 4.98 Å². The Bertz CT molecular complexity index is 551. The molecule has 2 aromatic heterocycles. The highest BCUT2D eigenvalue weighted by Gasteiger charge is 2.34. The van der Waals surface area contributed by atoms with Crippen molar-refractivity contribution in [2.45, 2.75) is 32.0 Å². The molecule has 112 valence electrons. The standard InChI is InChI=1S/C15H21N5S/c1-2-14-8-19(7-13-10-21-11-18-13)5-12(1)6-20(14)9-15-16-3-4-17-15/h3-4,10-12,14H,1-2,5-9H2,(H,16,17)/t12-,14+/m1/s1. The largest absolute Gasteiger partial charge is 0.348 e. The van der Waals surface area contributed by atoms with Crippen molar-refractivity contribution >= 4 is 11.3 Å². The number of piperidine rings is 1. The van der Waals surface area contributed by atoms with Crippen LogP contribution >= 0.6 is 11.3 Å². The number of H-pyrrole nitrogens is 1. The number of imidazole rings is 1. The fraction of sp³-hybridized carbons (Fsp3) is 0.600. The topological polar surface area (TPSA) is 48.1 Å². The normalized spacial score (nSPS) is 27.0. The lowest BCUT2D eigenvalue weighted by molar-refractivity contribution is 0.120. The monoisotopic (exact) mass is 303 g/mol. The first-order valence-electron chi connectivity index (χ1n) is 7.68. The van der Waals surface area contributed by atoms with E-state index in [0.717, 1.165) is 31.4 Å². The molecular formula is C15H21N5S. The van der Waals surface area contributed by atoms with E-state index in [9.17, 15) is 0 Å². The van der Waals surface area contributed by atoms with E-state index in [1.165, 1.54) is 31.6 Å². The fourth-order valence-electron chi connectivity index (χ4n) is 3.72. The highest BCUT2D eigenvalue weighted by atomic mass is 32.1. The molecule has 2 aromatic rings. The zero-order valence-corrected chi connectivity index (χ0v) is 12.9. The van der Waals surface area contributed by atoms with Crippen molar-refractivity contribution in [2.75, 3.05) is 19.6 Å². The van der Waals surface area contributed by atoms with Crippen molar-refractivity contribution in [2.24, 2.45) is 5.92 Å². The van der Waals surface area contributed by atoms with Crippen molar-refractivity contribution in [3.05, 3.63) is 34.8 Å². The van der Waals surface area contributed by atoms with E-state index in [4.69, 9.17) is 0 Å². The molecule has 0 aromatic carbocycles. The summed E-state index contributed by atoms with van der Waals surface area (Å²) in [5.41, 5.74) is 3.16. The van der Waals surface area contributed by atoms with Crippen molar-refractivity contribution in [1.82, 2.24) is 24.8 Å². The fourth-order valence-corrected chi connectivity index (χ4v) is 4.27. The molecule has 0 amide bonds. The number of fused-ring (bicyclic) bond motifs is 4. The maximum absolute atomic E-state index is 4.44. The van der Waals surface area contributed by atoms with Gasteiger partial charge >= 0.3 is 0 Å². The summed E-state index contributed by atoms with van der Waals surface area (Å²) < 4.78 is 0. The van der Waals surface area contributed by atoms with Gasteiger partial charge in [0.15, 0.2) is 0 Å². The number of nitrogens with zero attached hydrogens (tertiary/aromatic N) is 4. The minimum atomic E-state index is 0.660. The minimum Gasteiger partial charge on any atom is -0.348 e. The van der Waals surface area contributed by atoms with Gasteiger partial charge in [-0.2, -0.15) is 0 Å². The molecule has 0 unspecified atom stereocenters. The predicted molar refractivity (Wildman–Crippen MR) is 82.9 cm³/mol. The van der Waals surface area contributed by atoms with E-state index in [2.05, 4.69) is 30.1 Å². The number of aromatic nitrogens is 3. The average molecular weight is 303 g/mol. The molecule has 5 rings (SSSR count). The summed E-state index contributed by atoms with van der Waals surface area (Å²) in [6.45, 7) is 5.54. The SMILES string of the molecule is c1c[nH]c(CN2C[C@@H]3CC[C@H]2CN(Cc2cscn2)C3)n1. The third kappa shape index (κ3) is 3.02. The molecule has 1 N–H and O–H groups in total. The summed E-state index contributed by atoms with van der Waals surface area (Å²) in [5.74, 6) is 1.88. The molecule has 6 heteroatoms. The Balaban J connectivity index is 1.44. The average Bonchev–Trinajstić information content (AvgIpc) is 3.09. The zero-order chi connectivity index (χ0) is 14.1. The Morgan fingerprint density at radius 1 is 1.19 bits per heavy atom. The van der Waals surface area contributed by atoms with E-state index < -0.39 is 0 Å². The lowest BCUT2D eigenvalue weighted by Crippen LogP contribution is -2.43. The second kappa shape index (κ2) is 5.87. The van der Waals surface area contributed by atoms with Crippen LogP contribution in [0, 0.1) is 5.92 Å². The van der Waals surface area contributed by atoms with Gasteiger partial charge in [-0.15, -0.1) is 11.3 Å². The summed E-state index contributed by atoms with van der Waals surface area (Å²) in [5, 5.41) is 2.17. The molecule has 3 fully saturated rings. The van der Waals surface area contributed by atoms with Crippen molar-refractivity contribution in [1.29, 1.82) is 0 Å². The van der Waals surface area contributed by atoms with Crippen LogP contribution in [-0.4, -0.2) is 50.4 Å². The lowest BCUT2D eigenvalue weighted by Gasteiger charge is -2.35. The van der Waals surface area contributed by atoms with Crippen LogP contribution in [0.15, 0.2) is 23.3 Å². The van der Waals surface area contributed by atoms with E-state index >= 15 is 0 Å². The van der Waals surface area contributed by atoms with Gasteiger partial charge in [0, 0.05) is 50.0 Å². The van der Waals surface area contributed by atoms with Crippen LogP contribution in [-0.2, 0) is 13.1 Å². The lowest BCUT2D eigenvalue weighted by atomic mass is 9.95. The van der Waals surface area contributed by atoms with Gasteiger partial charge in [0.25, 0.3) is 0 Å². The number of hydrogen-bond donors (Lipinski definition) is 1. The van der Waals surface area contributed by atoms with Crippen molar-refractivity contribution in [3.63, 3.8) is 0 Å². The third-order valence-corrected chi connectivity index (χ3v) is 5.31. The van der Waals surface area contributed by atoms with Crippen LogP contribution in [0.3, 0.4) is 0 Å². The Morgan fingerprint density at radius 3 is 3.00 bits per heavy atom. The molecule has 3 saturated heterocycles. The molecule has 0 radical (unpaired) electrons. The van der Waals surface area contributed by atoms with Gasteiger partial charge in [0.1, 0.15) is 5.82 Å². The van der Waals surface area contributed by atoms with Gasteiger partial charge in [-0.25, -0.2) is 9.97 Å². The second-order valence-electron chi connectivity index (χ2n) is 6.24. The molecule has 0 saturated carbocycles. The highest BCUT2D eigenvalue weighted by Crippen LogP contribution is 2.29. The number of rotatable bonds is 4. The van der Waals surface area contributed by atoms with Crippen LogP contribution in [0.4, 0.5) is 0 Å². The van der Waals surface area contributed by atoms with E-state index in [1.54, 1.807) is 11.3 Å². The van der Waals surface area contributed by atoms with Gasteiger partial charge in [0.05, 0.1) is 17.7 Å². The predicted octanol–water partition coefficient (Wildman–Crippen LogP) is 1.96. The first kappa shape index (κ1) is 13.4. The summed E-state index contributed by atoms with van der Waals surface area (Å²) in [6, 6.07) is 0.660. The van der Waals surface area contributed by atoms with Gasteiger partial charge in [-0.3, -0.25) is 9.80 Å². The summed E-state index contributed by atoms with van der Waals surface area (Å²) in [6.07, 6.45) is 6.45. The van der Waals surface area contributed by atoms with E-state index in [0.29, 0.717) is 6.04 Å². The van der Waals surface area contributed by atoms with Gasteiger partial charge in [-0.1, -0.05) is 0 Å². The zero-order valence-electron chi connectivity index (χ0n) is 12.1. The van der Waals surface area contributed by atoms with Crippen LogP contribution in [0.25, 0.3) is 0 Å². The molecule has 0 aliphatic carbocycles. The van der Waals surface area contributed by atoms with Crippen molar-refractivity contribution in [3.8, 4) is 0 Å². The molecular weight excluding hydrogens is 282 g/mol. The summed E-state index contributed by atoms with van der Waals surface area (Å²) >= 11 is 1.69. The first-order chi connectivity index (χ1) is 10.4. The molecule has 3 aliphatic heterocycles. The maximum atomic E-state index is 4.44. The molecule has 5 heterocycles. The Labute approximate surface area is 129 Å². The number of thiazole rings is 1. The molecule has 5 nitrogen and oxygen atoms in total. The number of aromatic amines is 1. The Kier molecular flexibility index (Phi) is 3.75. The number of nitrogens with one attached hydrogen (secondary N) is 1. The maximum Gasteiger partial charge on any atom is 0.120 e. The second-order valence-corrected chi connectivity index (χ2v) is 6.96. The molecule has 2 atom stereocenters. The van der Waals surface area contributed by atoms with Crippen LogP contribution in [0.2, 0.25) is 0 Å². The highest BCUT2D eigenvalue weighted by molar-refractivity contribution is 7.07. The van der Waals surface area contributed by atoms with Crippen LogP contribution in [0.1, 0.15) is 24.4 Å². The van der Waals surface area contributed by atoms with Crippen LogP contribution < -0.4 is 0 Å².